The number of aliphatic hydroxyl groups is 1. The number of methoxy groups -OCH3 is 1. The Morgan fingerprint density at radius 3 is 2.73 bits per heavy atom. The number of imidazole rings is 1. The minimum Gasteiger partial charge on any atom is -0.508 e. The van der Waals surface area contributed by atoms with Gasteiger partial charge in [-0.3, -0.25) is 4.79 Å². The number of esters is 1. The highest BCUT2D eigenvalue weighted by molar-refractivity contribution is 6.08. The van der Waals surface area contributed by atoms with Crippen molar-refractivity contribution in [2.24, 2.45) is 0 Å². The molecule has 2 heterocycles. The van der Waals surface area contributed by atoms with Crippen molar-refractivity contribution in [3.05, 3.63) is 53.7 Å². The number of nitrogens with zero attached hydrogens (tertiary/aromatic N) is 2. The number of β-amino-alcohol motifs (C(OH)–C–C–N with tert-alkyl or cyclic N) is 1. The molecule has 3 aromatic rings. The summed E-state index contributed by atoms with van der Waals surface area (Å²) in [4.78, 5) is 33.9. The Balaban J connectivity index is 1.64. The molecule has 0 unspecified atom stereocenters. The maximum Gasteiger partial charge on any atom is 0.337 e. The maximum atomic E-state index is 12.7. The summed E-state index contributed by atoms with van der Waals surface area (Å²) in [7, 11) is 1.26. The van der Waals surface area contributed by atoms with Crippen molar-refractivity contribution in [1.29, 1.82) is 0 Å². The van der Waals surface area contributed by atoms with Crippen LogP contribution in [0.5, 0.6) is 5.75 Å². The first-order chi connectivity index (χ1) is 14.5. The van der Waals surface area contributed by atoms with Crippen molar-refractivity contribution in [2.45, 2.75) is 0 Å². The van der Waals surface area contributed by atoms with Gasteiger partial charge in [-0.15, -0.1) is 0 Å². The van der Waals surface area contributed by atoms with Gasteiger partial charge in [-0.25, -0.2) is 9.78 Å². The smallest absolute Gasteiger partial charge is 0.337 e. The summed E-state index contributed by atoms with van der Waals surface area (Å²) in [5.74, 6) is -0.155. The number of hydrogen-bond donors (Lipinski definition) is 4. The highest BCUT2D eigenvalue weighted by Gasteiger charge is 2.34. The molecule has 1 amide bonds. The number of H-pyrrole nitrogens is 1. The lowest BCUT2D eigenvalue weighted by Gasteiger charge is -2.15. The van der Waals surface area contributed by atoms with Crippen LogP contribution in [0.25, 0.3) is 22.4 Å². The molecule has 9 nitrogen and oxygen atoms in total. The average molecular weight is 408 g/mol. The van der Waals surface area contributed by atoms with Crippen LogP contribution in [0.1, 0.15) is 0 Å². The average Bonchev–Trinajstić information content (AvgIpc) is 3.30. The number of anilines is 1. The Kier molecular flexibility index (Phi) is 5.11. The number of aliphatic hydroxyl groups excluding tert-OH is 1. The van der Waals surface area contributed by atoms with Gasteiger partial charge < -0.3 is 30.2 Å². The molecular formula is C21H20N4O5. The maximum absolute atomic E-state index is 12.7. The number of aromatic hydroxyl groups is 1. The van der Waals surface area contributed by atoms with E-state index < -0.39 is 5.97 Å². The largest absolute Gasteiger partial charge is 0.508 e. The molecule has 4 rings (SSSR count). The zero-order valence-corrected chi connectivity index (χ0v) is 16.2. The number of hydrogen-bond acceptors (Lipinski definition) is 7. The van der Waals surface area contributed by atoms with E-state index in [9.17, 15) is 14.7 Å². The number of aromatic nitrogens is 2. The molecule has 0 atom stereocenters. The SMILES string of the molecule is COC(=O)C1=C(Nc2ccc3nc(-c4ccc(O)cc4)[nH]c3c2)C(=O)N(CCO)C1. The first-order valence-corrected chi connectivity index (χ1v) is 9.28. The summed E-state index contributed by atoms with van der Waals surface area (Å²) in [5.41, 5.74) is 3.23. The van der Waals surface area contributed by atoms with Gasteiger partial charge in [0.1, 0.15) is 17.3 Å². The molecule has 2 aromatic carbocycles. The zero-order valence-electron chi connectivity index (χ0n) is 16.2. The fraction of sp³-hybridized carbons (Fsp3) is 0.190. The molecule has 154 valence electrons. The van der Waals surface area contributed by atoms with E-state index in [1.165, 1.54) is 12.0 Å². The van der Waals surface area contributed by atoms with E-state index in [1.54, 1.807) is 42.5 Å². The molecule has 0 bridgehead atoms. The van der Waals surface area contributed by atoms with Crippen LogP contribution in [0.2, 0.25) is 0 Å². The number of nitrogens with one attached hydrogen (secondary N) is 2. The first-order valence-electron chi connectivity index (χ1n) is 9.28. The third-order valence-electron chi connectivity index (χ3n) is 4.85. The van der Waals surface area contributed by atoms with Gasteiger partial charge in [0.05, 0.1) is 36.9 Å². The summed E-state index contributed by atoms with van der Waals surface area (Å²) >= 11 is 0. The van der Waals surface area contributed by atoms with E-state index in [0.29, 0.717) is 11.5 Å². The summed E-state index contributed by atoms with van der Waals surface area (Å²) < 4.78 is 4.80. The van der Waals surface area contributed by atoms with Crippen LogP contribution in [-0.4, -0.2) is 63.8 Å². The van der Waals surface area contributed by atoms with E-state index in [4.69, 9.17) is 9.84 Å². The number of phenolic OH excluding ortho intramolecular Hbond substituents is 1. The van der Waals surface area contributed by atoms with Crippen molar-refractivity contribution in [2.75, 3.05) is 32.1 Å². The number of rotatable bonds is 6. The Labute approximate surface area is 171 Å². The summed E-state index contributed by atoms with van der Waals surface area (Å²) in [6.45, 7) is -0.000598. The van der Waals surface area contributed by atoms with Gasteiger partial charge >= 0.3 is 5.97 Å². The van der Waals surface area contributed by atoms with Gasteiger partial charge in [-0.2, -0.15) is 0 Å². The number of ether oxygens (including phenoxy) is 1. The van der Waals surface area contributed by atoms with E-state index in [-0.39, 0.29) is 42.6 Å². The fourth-order valence-corrected chi connectivity index (χ4v) is 3.34. The van der Waals surface area contributed by atoms with Gasteiger partial charge in [0.2, 0.25) is 0 Å². The van der Waals surface area contributed by atoms with E-state index in [2.05, 4.69) is 15.3 Å². The second-order valence-corrected chi connectivity index (χ2v) is 6.78. The second kappa shape index (κ2) is 7.88. The lowest BCUT2D eigenvalue weighted by Crippen LogP contribution is -2.31. The third-order valence-corrected chi connectivity index (χ3v) is 4.85. The predicted octanol–water partition coefficient (Wildman–Crippen LogP) is 1.61. The minimum atomic E-state index is -0.594. The van der Waals surface area contributed by atoms with Crippen LogP contribution in [-0.2, 0) is 14.3 Å². The van der Waals surface area contributed by atoms with Gasteiger partial charge in [-0.1, -0.05) is 0 Å². The van der Waals surface area contributed by atoms with E-state index in [1.807, 2.05) is 0 Å². The molecule has 30 heavy (non-hydrogen) atoms. The monoisotopic (exact) mass is 408 g/mol. The predicted molar refractivity (Wildman–Crippen MR) is 110 cm³/mol. The van der Waals surface area contributed by atoms with Gasteiger partial charge in [0, 0.05) is 17.8 Å². The quantitative estimate of drug-likeness (QED) is 0.456. The van der Waals surface area contributed by atoms with Crippen molar-refractivity contribution in [3.63, 3.8) is 0 Å². The Bertz CT molecular complexity index is 1150. The van der Waals surface area contributed by atoms with Crippen molar-refractivity contribution in [3.8, 4) is 17.1 Å². The normalized spacial score (nSPS) is 13.9. The molecule has 4 N–H and O–H groups in total. The van der Waals surface area contributed by atoms with E-state index in [0.717, 1.165) is 16.6 Å². The van der Waals surface area contributed by atoms with Crippen LogP contribution in [0.3, 0.4) is 0 Å². The van der Waals surface area contributed by atoms with Crippen LogP contribution in [0.15, 0.2) is 53.7 Å². The Morgan fingerprint density at radius 2 is 2.03 bits per heavy atom. The van der Waals surface area contributed by atoms with Gasteiger partial charge in [0.25, 0.3) is 5.91 Å². The Morgan fingerprint density at radius 1 is 1.27 bits per heavy atom. The summed E-state index contributed by atoms with van der Waals surface area (Å²) in [6, 6.07) is 12.0. The summed E-state index contributed by atoms with van der Waals surface area (Å²) in [5, 5.41) is 21.6. The summed E-state index contributed by atoms with van der Waals surface area (Å²) in [6.07, 6.45) is 0. The molecule has 9 heteroatoms. The Hall–Kier alpha value is -3.85. The number of carbonyl (C=O) groups is 2. The highest BCUT2D eigenvalue weighted by atomic mass is 16.5. The number of carbonyl (C=O) groups excluding carboxylic acids is 2. The van der Waals surface area contributed by atoms with Crippen molar-refractivity contribution < 1.29 is 24.5 Å². The molecule has 0 saturated carbocycles. The van der Waals surface area contributed by atoms with Crippen molar-refractivity contribution >= 4 is 28.6 Å². The zero-order chi connectivity index (χ0) is 21.3. The number of phenols is 1. The van der Waals surface area contributed by atoms with Crippen LogP contribution in [0, 0.1) is 0 Å². The number of aromatic amines is 1. The third kappa shape index (κ3) is 3.58. The van der Waals surface area contributed by atoms with Crippen LogP contribution in [0.4, 0.5) is 5.69 Å². The topological polar surface area (TPSA) is 128 Å². The standard InChI is InChI=1S/C21H20N4O5/c1-30-21(29)15-11-25(8-9-26)20(28)18(15)22-13-4-7-16-17(10-13)24-19(23-16)12-2-5-14(27)6-3-12/h2-7,10,22,26-27H,8-9,11H2,1H3,(H,23,24). The lowest BCUT2D eigenvalue weighted by atomic mass is 10.2. The molecule has 0 radical (unpaired) electrons. The van der Waals surface area contributed by atoms with Gasteiger partial charge in [-0.05, 0) is 42.5 Å². The molecule has 1 aliphatic heterocycles. The number of amides is 1. The van der Waals surface area contributed by atoms with Crippen LogP contribution >= 0.6 is 0 Å². The molecule has 0 spiro atoms. The lowest BCUT2D eigenvalue weighted by molar-refractivity contribution is -0.136. The minimum absolute atomic E-state index is 0.0751. The second-order valence-electron chi connectivity index (χ2n) is 6.78. The molecular weight excluding hydrogens is 388 g/mol. The molecule has 1 aliphatic rings. The molecule has 1 aromatic heterocycles. The highest BCUT2D eigenvalue weighted by Crippen LogP contribution is 2.27. The number of fused-ring (bicyclic) bond motifs is 1. The van der Waals surface area contributed by atoms with Crippen molar-refractivity contribution in [1.82, 2.24) is 14.9 Å². The first kappa shape index (κ1) is 19.5. The van der Waals surface area contributed by atoms with Crippen LogP contribution < -0.4 is 5.32 Å². The van der Waals surface area contributed by atoms with Gasteiger partial charge in [0.15, 0.2) is 0 Å². The number of benzene rings is 2. The molecule has 0 saturated heterocycles. The molecule has 0 fully saturated rings. The van der Waals surface area contributed by atoms with E-state index >= 15 is 0 Å². The fourth-order valence-electron chi connectivity index (χ4n) is 3.34. The molecule has 0 aliphatic carbocycles.